The molecule has 3 heterocycles. The Balaban J connectivity index is 1.44. The van der Waals surface area contributed by atoms with Crippen LogP contribution < -0.4 is 5.32 Å². The highest BCUT2D eigenvalue weighted by Crippen LogP contribution is 2.28. The molecule has 122 valence electrons. The monoisotopic (exact) mass is 354 g/mol. The first kappa shape index (κ1) is 15.5. The normalized spacial score (nSPS) is 12.8. The lowest BCUT2D eigenvalue weighted by Crippen LogP contribution is -2.17. The van der Waals surface area contributed by atoms with Crippen LogP contribution in [0, 0.1) is 6.92 Å². The molecule has 0 radical (unpaired) electrons. The lowest BCUT2D eigenvalue weighted by Gasteiger charge is -2.09. The maximum Gasteiger partial charge on any atom is 0.193 e. The van der Waals surface area contributed by atoms with Gasteiger partial charge in [0.25, 0.3) is 0 Å². The molecule has 0 spiro atoms. The van der Waals surface area contributed by atoms with Crippen LogP contribution in [0.25, 0.3) is 15.5 Å². The summed E-state index contributed by atoms with van der Waals surface area (Å²) in [6.07, 6.45) is 6.10. The fourth-order valence-corrected chi connectivity index (χ4v) is 4.30. The molecular formula is C18H18N4S2. The summed E-state index contributed by atoms with van der Waals surface area (Å²) >= 11 is 3.41. The largest absolute Gasteiger partial charge is 0.304 e. The van der Waals surface area contributed by atoms with Gasteiger partial charge in [-0.05, 0) is 19.4 Å². The molecule has 1 unspecified atom stereocenters. The Labute approximate surface area is 148 Å². The molecular weight excluding hydrogens is 336 g/mol. The highest BCUT2D eigenvalue weighted by Gasteiger charge is 2.12. The van der Waals surface area contributed by atoms with Crippen molar-refractivity contribution in [2.75, 3.05) is 0 Å². The van der Waals surface area contributed by atoms with Crippen LogP contribution in [0.2, 0.25) is 0 Å². The van der Waals surface area contributed by atoms with Crippen LogP contribution in [0.4, 0.5) is 0 Å². The van der Waals surface area contributed by atoms with Crippen LogP contribution in [0.1, 0.15) is 29.1 Å². The summed E-state index contributed by atoms with van der Waals surface area (Å²) in [6, 6.07) is 8.59. The fourth-order valence-electron chi connectivity index (χ4n) is 2.64. The molecule has 0 fully saturated rings. The summed E-state index contributed by atoms with van der Waals surface area (Å²) in [7, 11) is 0. The highest BCUT2D eigenvalue weighted by molar-refractivity contribution is 7.15. The third kappa shape index (κ3) is 3.00. The molecule has 1 aromatic carbocycles. The standard InChI is InChI=1S/C18H18N4S2/c1-12-5-3-4-6-15(12)17-20-10-14(24-17)9-19-13(2)16-11-22-7-8-23-18(22)21-16/h3-8,10-11,13,19H,9H2,1-2H3. The van der Waals surface area contributed by atoms with Crippen LogP contribution in [0.5, 0.6) is 0 Å². The van der Waals surface area contributed by atoms with Gasteiger partial charge in [0.05, 0.1) is 5.69 Å². The molecule has 0 aliphatic carbocycles. The van der Waals surface area contributed by atoms with Gasteiger partial charge in [0.2, 0.25) is 0 Å². The summed E-state index contributed by atoms with van der Waals surface area (Å²) < 4.78 is 2.07. The van der Waals surface area contributed by atoms with Gasteiger partial charge in [-0.15, -0.1) is 22.7 Å². The number of aromatic nitrogens is 3. The van der Waals surface area contributed by atoms with E-state index in [9.17, 15) is 0 Å². The van der Waals surface area contributed by atoms with Crippen LogP contribution in [-0.2, 0) is 6.54 Å². The molecule has 0 aliphatic heterocycles. The second kappa shape index (κ2) is 6.47. The van der Waals surface area contributed by atoms with E-state index in [0.29, 0.717) is 0 Å². The molecule has 1 atom stereocenters. The van der Waals surface area contributed by atoms with E-state index in [1.165, 1.54) is 16.0 Å². The third-order valence-electron chi connectivity index (χ3n) is 4.07. The van der Waals surface area contributed by atoms with Crippen molar-refractivity contribution < 1.29 is 0 Å². The van der Waals surface area contributed by atoms with Gasteiger partial charge >= 0.3 is 0 Å². The average Bonchev–Trinajstić information content (AvgIpc) is 3.28. The first-order valence-electron chi connectivity index (χ1n) is 7.87. The molecule has 1 N–H and O–H groups in total. The van der Waals surface area contributed by atoms with Crippen LogP contribution in [0.3, 0.4) is 0 Å². The molecule has 0 saturated heterocycles. The van der Waals surface area contributed by atoms with Crippen molar-refractivity contribution in [3.63, 3.8) is 0 Å². The Bertz CT molecular complexity index is 938. The number of thiazole rings is 2. The minimum atomic E-state index is 0.209. The molecule has 24 heavy (non-hydrogen) atoms. The number of hydrogen-bond acceptors (Lipinski definition) is 5. The minimum absolute atomic E-state index is 0.209. The summed E-state index contributed by atoms with van der Waals surface area (Å²) in [4.78, 5) is 11.5. The second-order valence-electron chi connectivity index (χ2n) is 5.81. The topological polar surface area (TPSA) is 42.2 Å². The first-order valence-corrected chi connectivity index (χ1v) is 9.56. The Morgan fingerprint density at radius 3 is 3.00 bits per heavy atom. The smallest absolute Gasteiger partial charge is 0.193 e. The van der Waals surface area contributed by atoms with Gasteiger partial charge in [-0.2, -0.15) is 0 Å². The molecule has 4 aromatic rings. The zero-order valence-electron chi connectivity index (χ0n) is 13.6. The lowest BCUT2D eigenvalue weighted by molar-refractivity contribution is 0.567. The van der Waals surface area contributed by atoms with Gasteiger partial charge in [0.15, 0.2) is 4.96 Å². The van der Waals surface area contributed by atoms with Gasteiger partial charge in [0, 0.05) is 47.0 Å². The Morgan fingerprint density at radius 1 is 1.29 bits per heavy atom. The van der Waals surface area contributed by atoms with E-state index in [-0.39, 0.29) is 6.04 Å². The van der Waals surface area contributed by atoms with E-state index in [2.05, 4.69) is 69.4 Å². The number of aryl methyl sites for hydroxylation is 1. The molecule has 3 aromatic heterocycles. The molecule has 6 heteroatoms. The van der Waals surface area contributed by atoms with Crippen molar-refractivity contribution >= 4 is 27.6 Å². The van der Waals surface area contributed by atoms with E-state index in [1.54, 1.807) is 22.7 Å². The third-order valence-corrected chi connectivity index (χ3v) is 5.87. The van der Waals surface area contributed by atoms with Gasteiger partial charge in [-0.3, -0.25) is 4.40 Å². The molecule has 4 nitrogen and oxygen atoms in total. The van der Waals surface area contributed by atoms with Crippen molar-refractivity contribution in [1.82, 2.24) is 19.7 Å². The van der Waals surface area contributed by atoms with Gasteiger partial charge in [-0.25, -0.2) is 9.97 Å². The number of nitrogens with zero attached hydrogens (tertiary/aromatic N) is 3. The number of fused-ring (bicyclic) bond motifs is 1. The quantitative estimate of drug-likeness (QED) is 0.566. The SMILES string of the molecule is Cc1ccccc1-c1ncc(CNC(C)c2cn3ccsc3n2)s1. The lowest BCUT2D eigenvalue weighted by atomic mass is 10.1. The molecule has 4 rings (SSSR count). The van der Waals surface area contributed by atoms with Crippen molar-refractivity contribution in [2.45, 2.75) is 26.4 Å². The van der Waals surface area contributed by atoms with E-state index in [0.717, 1.165) is 22.2 Å². The van der Waals surface area contributed by atoms with Crippen molar-refractivity contribution in [2.24, 2.45) is 0 Å². The van der Waals surface area contributed by atoms with E-state index in [1.807, 2.05) is 12.4 Å². The summed E-state index contributed by atoms with van der Waals surface area (Å²) in [5.41, 5.74) is 3.56. The molecule has 0 bridgehead atoms. The van der Waals surface area contributed by atoms with Crippen LogP contribution in [-0.4, -0.2) is 14.4 Å². The van der Waals surface area contributed by atoms with Gasteiger partial charge in [0.1, 0.15) is 5.01 Å². The van der Waals surface area contributed by atoms with Crippen LogP contribution in [0.15, 0.2) is 48.2 Å². The van der Waals surface area contributed by atoms with Gasteiger partial charge in [-0.1, -0.05) is 24.3 Å². The van der Waals surface area contributed by atoms with Crippen molar-refractivity contribution in [1.29, 1.82) is 0 Å². The van der Waals surface area contributed by atoms with E-state index < -0.39 is 0 Å². The molecule has 0 amide bonds. The Kier molecular flexibility index (Phi) is 4.18. The zero-order valence-corrected chi connectivity index (χ0v) is 15.2. The van der Waals surface area contributed by atoms with Gasteiger partial charge < -0.3 is 5.32 Å². The number of nitrogens with one attached hydrogen (secondary N) is 1. The van der Waals surface area contributed by atoms with E-state index >= 15 is 0 Å². The van der Waals surface area contributed by atoms with E-state index in [4.69, 9.17) is 0 Å². The fraction of sp³-hybridized carbons (Fsp3) is 0.222. The summed E-state index contributed by atoms with van der Waals surface area (Å²) in [6.45, 7) is 5.08. The number of benzene rings is 1. The maximum absolute atomic E-state index is 4.66. The predicted octanol–water partition coefficient (Wildman–Crippen LogP) is 4.68. The minimum Gasteiger partial charge on any atom is -0.304 e. The maximum atomic E-state index is 4.66. The summed E-state index contributed by atoms with van der Waals surface area (Å²) in [5, 5.41) is 6.68. The average molecular weight is 355 g/mol. The molecule has 0 saturated carbocycles. The molecule has 0 aliphatic rings. The summed E-state index contributed by atoms with van der Waals surface area (Å²) in [5.74, 6) is 0. The first-order chi connectivity index (χ1) is 11.7. The Hall–Kier alpha value is -2.02. The number of rotatable bonds is 5. The Morgan fingerprint density at radius 2 is 2.17 bits per heavy atom. The van der Waals surface area contributed by atoms with Crippen LogP contribution >= 0.6 is 22.7 Å². The van der Waals surface area contributed by atoms with Crippen molar-refractivity contribution in [3.8, 4) is 10.6 Å². The number of imidazole rings is 1. The second-order valence-corrected chi connectivity index (χ2v) is 7.80. The number of hydrogen-bond donors (Lipinski definition) is 1. The van der Waals surface area contributed by atoms with Crippen molar-refractivity contribution in [3.05, 3.63) is 64.4 Å². The zero-order chi connectivity index (χ0) is 16.5. The predicted molar refractivity (Wildman–Crippen MR) is 101 cm³/mol. The highest BCUT2D eigenvalue weighted by atomic mass is 32.1.